The molecule has 0 saturated carbocycles. The fraction of sp³-hybridized carbons (Fsp3) is 0.100. The first-order valence-electron chi connectivity index (χ1n) is 4.35. The van der Waals surface area contributed by atoms with Crippen LogP contribution in [0.2, 0.25) is 0 Å². The van der Waals surface area contributed by atoms with Crippen LogP contribution in [0.15, 0.2) is 21.0 Å². The van der Waals surface area contributed by atoms with Crippen LogP contribution in [0, 0.1) is 18.3 Å². The fourth-order valence-electron chi connectivity index (χ4n) is 1.23. The molecule has 0 aliphatic rings. The number of nitrogens with zero attached hydrogens (tertiary/aromatic N) is 3. The van der Waals surface area contributed by atoms with Crippen molar-refractivity contribution in [3.8, 4) is 23.3 Å². The zero-order valence-corrected chi connectivity index (χ0v) is 9.82. The van der Waals surface area contributed by atoms with E-state index in [1.165, 1.54) is 12.1 Å². The monoisotopic (exact) mass is 279 g/mol. The predicted molar refractivity (Wildman–Crippen MR) is 58.6 cm³/mol. The van der Waals surface area contributed by atoms with Gasteiger partial charge >= 0.3 is 0 Å². The van der Waals surface area contributed by atoms with Crippen molar-refractivity contribution in [2.75, 3.05) is 0 Å². The molecule has 0 atom stereocenters. The van der Waals surface area contributed by atoms with E-state index in [0.717, 1.165) is 0 Å². The van der Waals surface area contributed by atoms with Crippen LogP contribution in [0.4, 0.5) is 0 Å². The van der Waals surface area contributed by atoms with Crippen LogP contribution in [0.25, 0.3) is 11.5 Å². The molecule has 0 amide bonds. The molecular weight excluding hydrogens is 274 g/mol. The second-order valence-corrected chi connectivity index (χ2v) is 3.95. The van der Waals surface area contributed by atoms with Crippen LogP contribution in [0.3, 0.4) is 0 Å². The summed E-state index contributed by atoms with van der Waals surface area (Å²) >= 11 is 3.15. The van der Waals surface area contributed by atoms with Gasteiger partial charge in [0.05, 0.1) is 21.7 Å². The van der Waals surface area contributed by atoms with E-state index in [9.17, 15) is 5.11 Å². The first-order valence-corrected chi connectivity index (χ1v) is 5.14. The number of rotatable bonds is 1. The molecule has 80 valence electrons. The Morgan fingerprint density at radius 3 is 2.75 bits per heavy atom. The Hall–Kier alpha value is -1.87. The summed E-state index contributed by atoms with van der Waals surface area (Å²) in [7, 11) is 0. The van der Waals surface area contributed by atoms with E-state index in [2.05, 4.69) is 26.1 Å². The quantitative estimate of drug-likeness (QED) is 0.867. The molecule has 1 heterocycles. The number of aromatic nitrogens is 2. The zero-order chi connectivity index (χ0) is 11.7. The van der Waals surface area contributed by atoms with Gasteiger partial charge in [0.25, 0.3) is 5.89 Å². The van der Waals surface area contributed by atoms with Gasteiger partial charge in [-0.1, -0.05) is 0 Å². The molecule has 1 aromatic carbocycles. The topological polar surface area (TPSA) is 82.9 Å². The van der Waals surface area contributed by atoms with Crippen molar-refractivity contribution in [3.63, 3.8) is 0 Å². The number of hydrogen-bond donors (Lipinski definition) is 1. The minimum atomic E-state index is -0.0253. The number of halogens is 1. The lowest BCUT2D eigenvalue weighted by Gasteiger charge is -2.02. The summed E-state index contributed by atoms with van der Waals surface area (Å²) in [5.74, 6) is 0.559. The largest absolute Gasteiger partial charge is 0.506 e. The van der Waals surface area contributed by atoms with Crippen LogP contribution in [0.1, 0.15) is 11.5 Å². The number of phenolic OH excluding ortho intramolecular Hbond substituents is 1. The van der Waals surface area contributed by atoms with Gasteiger partial charge in [0.15, 0.2) is 0 Å². The van der Waals surface area contributed by atoms with Crippen molar-refractivity contribution in [2.24, 2.45) is 0 Å². The van der Waals surface area contributed by atoms with E-state index in [4.69, 9.17) is 9.68 Å². The van der Waals surface area contributed by atoms with E-state index >= 15 is 0 Å². The minimum Gasteiger partial charge on any atom is -0.506 e. The van der Waals surface area contributed by atoms with Gasteiger partial charge < -0.3 is 9.52 Å². The van der Waals surface area contributed by atoms with Gasteiger partial charge in [0.2, 0.25) is 5.89 Å². The molecule has 16 heavy (non-hydrogen) atoms. The minimum absolute atomic E-state index is 0.0253. The average Bonchev–Trinajstić information content (AvgIpc) is 2.68. The number of aromatic hydroxyl groups is 1. The maximum Gasteiger partial charge on any atom is 0.251 e. The molecule has 2 aromatic rings. The third-order valence-corrected chi connectivity index (χ3v) is 2.55. The highest BCUT2D eigenvalue weighted by molar-refractivity contribution is 9.10. The van der Waals surface area contributed by atoms with Crippen LogP contribution in [-0.4, -0.2) is 15.3 Å². The van der Waals surface area contributed by atoms with Gasteiger partial charge in [0.1, 0.15) is 5.75 Å². The Bertz CT molecular complexity index is 586. The van der Waals surface area contributed by atoms with E-state index in [1.54, 1.807) is 6.92 Å². The van der Waals surface area contributed by atoms with E-state index < -0.39 is 0 Å². The van der Waals surface area contributed by atoms with Crippen molar-refractivity contribution in [3.05, 3.63) is 28.1 Å². The molecule has 0 spiro atoms. The third kappa shape index (κ3) is 1.77. The fourth-order valence-corrected chi connectivity index (χ4v) is 1.69. The van der Waals surface area contributed by atoms with Crippen molar-refractivity contribution in [1.29, 1.82) is 5.26 Å². The molecule has 0 aliphatic carbocycles. The number of hydrogen-bond acceptors (Lipinski definition) is 5. The standard InChI is InChI=1S/C10H6BrN3O2/c1-5-13-14-10(16-5)7-2-6(4-12)3-8(11)9(7)15/h2-3,15H,1H3. The Balaban J connectivity index is 2.65. The highest BCUT2D eigenvalue weighted by atomic mass is 79.9. The van der Waals surface area contributed by atoms with Gasteiger partial charge in [-0.2, -0.15) is 5.26 Å². The van der Waals surface area contributed by atoms with Crippen molar-refractivity contribution < 1.29 is 9.52 Å². The summed E-state index contributed by atoms with van der Waals surface area (Å²) in [5.41, 5.74) is 0.738. The molecule has 0 fully saturated rings. The smallest absolute Gasteiger partial charge is 0.251 e. The van der Waals surface area contributed by atoms with Gasteiger partial charge in [0, 0.05) is 6.92 Å². The highest BCUT2D eigenvalue weighted by Crippen LogP contribution is 2.35. The van der Waals surface area contributed by atoms with Crippen molar-refractivity contribution in [2.45, 2.75) is 6.92 Å². The number of benzene rings is 1. The Morgan fingerprint density at radius 1 is 1.44 bits per heavy atom. The van der Waals surface area contributed by atoms with Gasteiger partial charge in [-0.15, -0.1) is 10.2 Å². The second kappa shape index (κ2) is 3.94. The summed E-state index contributed by atoms with van der Waals surface area (Å²) in [6.07, 6.45) is 0. The van der Waals surface area contributed by atoms with Gasteiger partial charge in [-0.25, -0.2) is 0 Å². The molecule has 0 saturated heterocycles. The van der Waals surface area contributed by atoms with Gasteiger partial charge in [-0.05, 0) is 28.1 Å². The SMILES string of the molecule is Cc1nnc(-c2cc(C#N)cc(Br)c2O)o1. The summed E-state index contributed by atoms with van der Waals surface area (Å²) in [5, 5.41) is 26.1. The van der Waals surface area contributed by atoms with Crippen LogP contribution in [0.5, 0.6) is 5.75 Å². The Kier molecular flexibility index (Phi) is 2.62. The summed E-state index contributed by atoms with van der Waals surface area (Å²) < 4.78 is 5.61. The first kappa shape index (κ1) is 10.6. The maximum absolute atomic E-state index is 9.80. The highest BCUT2D eigenvalue weighted by Gasteiger charge is 2.15. The summed E-state index contributed by atoms with van der Waals surface area (Å²) in [6, 6.07) is 4.99. The van der Waals surface area contributed by atoms with Crippen LogP contribution in [-0.2, 0) is 0 Å². The maximum atomic E-state index is 9.80. The Morgan fingerprint density at radius 2 is 2.19 bits per heavy atom. The lowest BCUT2D eigenvalue weighted by molar-refractivity contribution is 0.468. The molecule has 0 aliphatic heterocycles. The lowest BCUT2D eigenvalue weighted by atomic mass is 10.1. The second-order valence-electron chi connectivity index (χ2n) is 3.09. The number of nitriles is 1. The van der Waals surface area contributed by atoms with E-state index in [0.29, 0.717) is 21.5 Å². The van der Waals surface area contributed by atoms with E-state index in [1.807, 2.05) is 6.07 Å². The van der Waals surface area contributed by atoms with Crippen molar-refractivity contribution in [1.82, 2.24) is 10.2 Å². The predicted octanol–water partition coefficient (Wildman–Crippen LogP) is 2.38. The lowest BCUT2D eigenvalue weighted by Crippen LogP contribution is -1.84. The van der Waals surface area contributed by atoms with Crippen LogP contribution >= 0.6 is 15.9 Å². The van der Waals surface area contributed by atoms with Crippen molar-refractivity contribution >= 4 is 15.9 Å². The molecular formula is C10H6BrN3O2. The number of phenols is 1. The summed E-state index contributed by atoms with van der Waals surface area (Å²) in [6.45, 7) is 1.65. The molecule has 5 nitrogen and oxygen atoms in total. The van der Waals surface area contributed by atoms with Crippen LogP contribution < -0.4 is 0 Å². The molecule has 1 aromatic heterocycles. The Labute approximate surface area is 99.5 Å². The summed E-state index contributed by atoms with van der Waals surface area (Å²) in [4.78, 5) is 0. The molecule has 6 heteroatoms. The van der Waals surface area contributed by atoms with Gasteiger partial charge in [-0.3, -0.25) is 0 Å². The molecule has 0 unspecified atom stereocenters. The molecule has 0 bridgehead atoms. The number of aryl methyl sites for hydroxylation is 1. The molecule has 1 N–H and O–H groups in total. The average molecular weight is 280 g/mol. The van der Waals surface area contributed by atoms with E-state index in [-0.39, 0.29) is 11.6 Å². The first-order chi connectivity index (χ1) is 7.61. The third-order valence-electron chi connectivity index (χ3n) is 1.95. The molecule has 2 rings (SSSR count). The zero-order valence-electron chi connectivity index (χ0n) is 8.23. The normalized spacial score (nSPS) is 10.1. The molecule has 0 radical (unpaired) electrons.